The summed E-state index contributed by atoms with van der Waals surface area (Å²) in [6.07, 6.45) is 5.74. The summed E-state index contributed by atoms with van der Waals surface area (Å²) in [4.78, 5) is 0. The molecule has 0 aromatic heterocycles. The first kappa shape index (κ1) is 14.4. The van der Waals surface area contributed by atoms with Crippen LogP contribution in [-0.2, 0) is 6.42 Å². The first-order chi connectivity index (χ1) is 9.04. The van der Waals surface area contributed by atoms with Crippen molar-refractivity contribution in [2.24, 2.45) is 5.41 Å². The lowest BCUT2D eigenvalue weighted by Gasteiger charge is -2.49. The van der Waals surface area contributed by atoms with E-state index < -0.39 is 0 Å². The van der Waals surface area contributed by atoms with Gasteiger partial charge in [-0.1, -0.05) is 45.7 Å². The van der Waals surface area contributed by atoms with E-state index in [1.165, 1.54) is 36.9 Å². The second-order valence-electron chi connectivity index (χ2n) is 6.42. The molecular formula is C17H27NO. The van der Waals surface area contributed by atoms with Crippen LogP contribution in [0.4, 0.5) is 5.69 Å². The normalized spacial score (nSPS) is 24.8. The monoisotopic (exact) mass is 261 g/mol. The Morgan fingerprint density at radius 3 is 2.42 bits per heavy atom. The van der Waals surface area contributed by atoms with Gasteiger partial charge in [-0.25, -0.2) is 0 Å². The van der Waals surface area contributed by atoms with Gasteiger partial charge < -0.3 is 10.4 Å². The molecular weight excluding hydrogens is 234 g/mol. The van der Waals surface area contributed by atoms with Crippen molar-refractivity contribution >= 4 is 5.69 Å². The number of aliphatic hydroxyl groups is 1. The van der Waals surface area contributed by atoms with Crippen LogP contribution in [0, 0.1) is 5.41 Å². The quantitative estimate of drug-likeness (QED) is 0.759. The van der Waals surface area contributed by atoms with Crippen molar-refractivity contribution in [3.8, 4) is 0 Å². The van der Waals surface area contributed by atoms with Crippen molar-refractivity contribution in [3.05, 3.63) is 29.8 Å². The number of nitrogens with one attached hydrogen (secondary N) is 1. The van der Waals surface area contributed by atoms with Gasteiger partial charge in [0.1, 0.15) is 0 Å². The summed E-state index contributed by atoms with van der Waals surface area (Å²) in [5.74, 6) is 0. The average molecular weight is 261 g/mol. The molecule has 1 aliphatic rings. The molecule has 0 amide bonds. The number of aryl methyl sites for hydroxylation is 1. The molecule has 0 radical (unpaired) electrons. The molecule has 1 saturated carbocycles. The molecule has 0 bridgehead atoms. The molecule has 0 heterocycles. The van der Waals surface area contributed by atoms with E-state index in [9.17, 15) is 5.11 Å². The van der Waals surface area contributed by atoms with Crippen molar-refractivity contribution in [1.82, 2.24) is 0 Å². The number of unbranched alkanes of at least 4 members (excludes halogenated alkanes) is 2. The molecule has 0 aliphatic heterocycles. The molecule has 0 saturated heterocycles. The van der Waals surface area contributed by atoms with E-state index in [2.05, 4.69) is 50.4 Å². The van der Waals surface area contributed by atoms with Crippen molar-refractivity contribution < 1.29 is 5.11 Å². The number of anilines is 1. The van der Waals surface area contributed by atoms with E-state index >= 15 is 0 Å². The van der Waals surface area contributed by atoms with Crippen LogP contribution in [0.3, 0.4) is 0 Å². The van der Waals surface area contributed by atoms with Gasteiger partial charge in [-0.2, -0.15) is 0 Å². The van der Waals surface area contributed by atoms with E-state index in [0.29, 0.717) is 6.04 Å². The number of benzene rings is 1. The molecule has 1 fully saturated rings. The SMILES string of the molecule is CCCCCc1ccc(NC2CC(O)C2(C)C)cc1. The third-order valence-electron chi connectivity index (χ3n) is 4.58. The predicted molar refractivity (Wildman–Crippen MR) is 81.5 cm³/mol. The summed E-state index contributed by atoms with van der Waals surface area (Å²) >= 11 is 0. The fourth-order valence-corrected chi connectivity index (χ4v) is 2.70. The molecule has 1 aromatic rings. The van der Waals surface area contributed by atoms with Crippen molar-refractivity contribution in [1.29, 1.82) is 0 Å². The number of hydrogen-bond donors (Lipinski definition) is 2. The lowest BCUT2D eigenvalue weighted by molar-refractivity contribution is -0.0510. The standard InChI is InChI=1S/C17H27NO/c1-4-5-6-7-13-8-10-14(11-9-13)18-15-12-16(19)17(15,2)3/h8-11,15-16,18-19H,4-7,12H2,1-3H3. The van der Waals surface area contributed by atoms with Gasteiger partial charge in [-0.05, 0) is 37.0 Å². The maximum Gasteiger partial charge on any atom is 0.0630 e. The summed E-state index contributed by atoms with van der Waals surface area (Å²) in [6, 6.07) is 9.16. The van der Waals surface area contributed by atoms with E-state index in [0.717, 1.165) is 6.42 Å². The topological polar surface area (TPSA) is 32.3 Å². The zero-order chi connectivity index (χ0) is 13.9. The predicted octanol–water partition coefficient (Wildman–Crippen LogP) is 3.99. The Labute approximate surface area is 117 Å². The zero-order valence-electron chi connectivity index (χ0n) is 12.4. The molecule has 1 aromatic carbocycles. The van der Waals surface area contributed by atoms with E-state index in [1.54, 1.807) is 0 Å². The van der Waals surface area contributed by atoms with E-state index in [4.69, 9.17) is 0 Å². The summed E-state index contributed by atoms with van der Waals surface area (Å²) in [5.41, 5.74) is 2.58. The summed E-state index contributed by atoms with van der Waals surface area (Å²) in [6.45, 7) is 6.48. The van der Waals surface area contributed by atoms with Crippen LogP contribution in [0.15, 0.2) is 24.3 Å². The Kier molecular flexibility index (Phi) is 4.51. The van der Waals surface area contributed by atoms with Gasteiger partial charge in [0.2, 0.25) is 0 Å². The maximum absolute atomic E-state index is 9.75. The molecule has 106 valence electrons. The van der Waals surface area contributed by atoms with Gasteiger partial charge in [-0.15, -0.1) is 0 Å². The minimum absolute atomic E-state index is 0.0141. The molecule has 2 heteroatoms. The van der Waals surface area contributed by atoms with E-state index in [1.807, 2.05) is 0 Å². The maximum atomic E-state index is 9.75. The summed E-state index contributed by atoms with van der Waals surface area (Å²) in [5, 5.41) is 13.3. The Hall–Kier alpha value is -1.02. The van der Waals surface area contributed by atoms with Gasteiger partial charge in [0.15, 0.2) is 0 Å². The molecule has 2 nitrogen and oxygen atoms in total. The van der Waals surface area contributed by atoms with Crippen LogP contribution in [0.1, 0.15) is 52.0 Å². The highest BCUT2D eigenvalue weighted by Gasteiger charge is 2.47. The number of hydrogen-bond acceptors (Lipinski definition) is 2. The van der Waals surface area contributed by atoms with Gasteiger partial charge in [0.05, 0.1) is 6.10 Å². The van der Waals surface area contributed by atoms with Crippen molar-refractivity contribution in [2.75, 3.05) is 5.32 Å². The number of aliphatic hydroxyl groups excluding tert-OH is 1. The van der Waals surface area contributed by atoms with Crippen LogP contribution in [0.25, 0.3) is 0 Å². The first-order valence-electron chi connectivity index (χ1n) is 7.57. The molecule has 2 atom stereocenters. The van der Waals surface area contributed by atoms with Gasteiger partial charge in [-0.3, -0.25) is 0 Å². The zero-order valence-corrected chi connectivity index (χ0v) is 12.4. The lowest BCUT2D eigenvalue weighted by atomic mass is 9.64. The highest BCUT2D eigenvalue weighted by atomic mass is 16.3. The summed E-state index contributed by atoms with van der Waals surface area (Å²) in [7, 11) is 0. The third-order valence-corrected chi connectivity index (χ3v) is 4.58. The first-order valence-corrected chi connectivity index (χ1v) is 7.57. The van der Waals surface area contributed by atoms with Crippen LogP contribution in [0.2, 0.25) is 0 Å². The highest BCUT2D eigenvalue weighted by Crippen LogP contribution is 2.42. The smallest absolute Gasteiger partial charge is 0.0630 e. The largest absolute Gasteiger partial charge is 0.392 e. The van der Waals surface area contributed by atoms with Crippen LogP contribution >= 0.6 is 0 Å². The molecule has 0 spiro atoms. The fraction of sp³-hybridized carbons (Fsp3) is 0.647. The highest BCUT2D eigenvalue weighted by molar-refractivity contribution is 5.46. The lowest BCUT2D eigenvalue weighted by Crippen LogP contribution is -2.56. The molecule has 2 rings (SSSR count). The van der Waals surface area contributed by atoms with E-state index in [-0.39, 0.29) is 11.5 Å². The average Bonchev–Trinajstić information content (AvgIpc) is 2.40. The van der Waals surface area contributed by atoms with Crippen LogP contribution in [-0.4, -0.2) is 17.3 Å². The Balaban J connectivity index is 1.85. The molecule has 2 N–H and O–H groups in total. The third kappa shape index (κ3) is 3.30. The molecule has 19 heavy (non-hydrogen) atoms. The van der Waals surface area contributed by atoms with Crippen molar-refractivity contribution in [2.45, 2.75) is 65.0 Å². The Morgan fingerprint density at radius 2 is 1.89 bits per heavy atom. The van der Waals surface area contributed by atoms with Gasteiger partial charge in [0, 0.05) is 17.1 Å². The number of rotatable bonds is 6. The second kappa shape index (κ2) is 5.96. The van der Waals surface area contributed by atoms with Gasteiger partial charge in [0.25, 0.3) is 0 Å². The summed E-state index contributed by atoms with van der Waals surface area (Å²) < 4.78 is 0. The van der Waals surface area contributed by atoms with Gasteiger partial charge >= 0.3 is 0 Å². The second-order valence-corrected chi connectivity index (χ2v) is 6.42. The molecule has 2 unspecified atom stereocenters. The Morgan fingerprint density at radius 1 is 1.21 bits per heavy atom. The fourth-order valence-electron chi connectivity index (χ4n) is 2.70. The van der Waals surface area contributed by atoms with Crippen molar-refractivity contribution in [3.63, 3.8) is 0 Å². The minimum Gasteiger partial charge on any atom is -0.392 e. The molecule has 1 aliphatic carbocycles. The minimum atomic E-state index is -0.168. The van der Waals surface area contributed by atoms with Crippen LogP contribution in [0.5, 0.6) is 0 Å². The Bertz CT molecular complexity index is 396. The van der Waals surface area contributed by atoms with Crippen LogP contribution < -0.4 is 5.32 Å².